The number of anilines is 3. The normalized spacial score (nSPS) is 15.6. The monoisotopic (exact) mass is 428 g/mol. The zero-order valence-corrected chi connectivity index (χ0v) is 18.0. The molecule has 30 heavy (non-hydrogen) atoms. The number of hydrogen-bond acceptors (Lipinski definition) is 6. The van der Waals surface area contributed by atoms with E-state index >= 15 is 0 Å². The highest BCUT2D eigenvalue weighted by atomic mass is 19.4. The van der Waals surface area contributed by atoms with E-state index < -0.39 is 17.6 Å². The van der Waals surface area contributed by atoms with E-state index in [9.17, 15) is 13.2 Å². The van der Waals surface area contributed by atoms with Gasteiger partial charge in [0.2, 0.25) is 5.95 Å². The van der Waals surface area contributed by atoms with Gasteiger partial charge in [-0.15, -0.1) is 0 Å². The van der Waals surface area contributed by atoms with Gasteiger partial charge in [-0.25, -0.2) is 9.67 Å². The van der Waals surface area contributed by atoms with E-state index in [2.05, 4.69) is 20.4 Å². The van der Waals surface area contributed by atoms with E-state index in [0.29, 0.717) is 23.5 Å². The van der Waals surface area contributed by atoms with Crippen LogP contribution < -0.4 is 15.8 Å². The molecule has 2 fully saturated rings. The first-order valence-electron chi connectivity index (χ1n) is 10.4. The van der Waals surface area contributed by atoms with Gasteiger partial charge in [-0.1, -0.05) is 39.5 Å². The first-order valence-corrected chi connectivity index (χ1v) is 10.4. The van der Waals surface area contributed by atoms with Gasteiger partial charge in [0.1, 0.15) is 17.1 Å². The Morgan fingerprint density at radius 1 is 1.13 bits per heavy atom. The van der Waals surface area contributed by atoms with Crippen molar-refractivity contribution < 1.29 is 17.9 Å². The van der Waals surface area contributed by atoms with Gasteiger partial charge in [-0.2, -0.15) is 23.3 Å². The van der Waals surface area contributed by atoms with E-state index in [1.165, 1.54) is 32.8 Å². The fourth-order valence-electron chi connectivity index (χ4n) is 2.82. The highest BCUT2D eigenvalue weighted by Gasteiger charge is 2.34. The predicted octanol–water partition coefficient (Wildman–Crippen LogP) is 5.65. The third-order valence-corrected chi connectivity index (χ3v) is 5.01. The summed E-state index contributed by atoms with van der Waals surface area (Å²) in [4.78, 5) is 7.41. The summed E-state index contributed by atoms with van der Waals surface area (Å²) < 4.78 is 45.3. The van der Waals surface area contributed by atoms with Crippen LogP contribution in [0.3, 0.4) is 0 Å². The van der Waals surface area contributed by atoms with Crippen molar-refractivity contribution in [3.05, 3.63) is 17.5 Å². The van der Waals surface area contributed by atoms with Gasteiger partial charge in [0.05, 0.1) is 13.2 Å². The Morgan fingerprint density at radius 2 is 1.73 bits per heavy atom. The largest absolute Gasteiger partial charge is 0.491 e. The molecule has 0 radical (unpaired) electrons. The first-order chi connectivity index (χ1) is 14.3. The van der Waals surface area contributed by atoms with Crippen molar-refractivity contribution in [2.45, 2.75) is 77.9 Å². The zero-order valence-electron chi connectivity index (χ0n) is 18.0. The number of nitrogens with zero attached hydrogens (tertiary/aromatic N) is 4. The Hall–Kier alpha value is -2.52. The average Bonchev–Trinajstić information content (AvgIpc) is 2.87. The second-order valence-electron chi connectivity index (χ2n) is 7.03. The molecule has 10 heteroatoms. The van der Waals surface area contributed by atoms with Crippen LogP contribution >= 0.6 is 0 Å². The molecule has 0 aliphatic heterocycles. The van der Waals surface area contributed by atoms with Crippen molar-refractivity contribution in [3.63, 3.8) is 0 Å². The number of methoxy groups -OCH3 is 1. The average molecular weight is 429 g/mol. The highest BCUT2D eigenvalue weighted by Crippen LogP contribution is 2.40. The van der Waals surface area contributed by atoms with E-state index in [4.69, 9.17) is 10.5 Å². The molecule has 2 aliphatic rings. The molecule has 2 heterocycles. The van der Waals surface area contributed by atoms with Gasteiger partial charge >= 0.3 is 6.18 Å². The molecule has 4 rings (SSSR count). The van der Waals surface area contributed by atoms with E-state index in [1.807, 2.05) is 13.8 Å². The van der Waals surface area contributed by atoms with Gasteiger partial charge in [0.15, 0.2) is 11.6 Å². The van der Waals surface area contributed by atoms with E-state index in [-0.39, 0.29) is 12.0 Å². The van der Waals surface area contributed by atoms with Crippen LogP contribution in [0.15, 0.2) is 6.20 Å². The van der Waals surface area contributed by atoms with Crippen molar-refractivity contribution in [2.24, 2.45) is 0 Å². The number of ether oxygens (including phenoxy) is 1. The van der Waals surface area contributed by atoms with Crippen molar-refractivity contribution in [3.8, 4) is 5.75 Å². The van der Waals surface area contributed by atoms with Gasteiger partial charge < -0.3 is 15.8 Å². The maximum atomic E-state index is 12.7. The van der Waals surface area contributed by atoms with Crippen LogP contribution in [0.25, 0.3) is 0 Å². The second kappa shape index (κ2) is 10.5. The zero-order chi connectivity index (χ0) is 22.3. The minimum Gasteiger partial charge on any atom is -0.491 e. The Labute approximate surface area is 175 Å². The lowest BCUT2D eigenvalue weighted by molar-refractivity contribution is -0.137. The second-order valence-corrected chi connectivity index (χ2v) is 7.03. The summed E-state index contributed by atoms with van der Waals surface area (Å²) >= 11 is 0. The van der Waals surface area contributed by atoms with Crippen molar-refractivity contribution in [1.29, 1.82) is 0 Å². The van der Waals surface area contributed by atoms with E-state index in [0.717, 1.165) is 19.3 Å². The maximum Gasteiger partial charge on any atom is 0.421 e. The molecule has 2 aromatic rings. The summed E-state index contributed by atoms with van der Waals surface area (Å²) in [6.07, 6.45) is 5.14. The standard InChI is InChI=1S/C14H17F3N6O.C4H8.C2H6/c1-7-10(24-2)12(23(22-7)8-4-3-5-8)21-13-19-6-9(11(18)20-13)14(15,16)17;1-2-4-3-1;1-2/h6,8H,3-5H2,1-2H3,(H3,18,19,20,21);1-4H2;1-2H3. The summed E-state index contributed by atoms with van der Waals surface area (Å²) in [6, 6.07) is 0.224. The maximum absolute atomic E-state index is 12.7. The van der Waals surface area contributed by atoms with Crippen LogP contribution in [0.5, 0.6) is 5.75 Å². The fourth-order valence-corrected chi connectivity index (χ4v) is 2.82. The number of alkyl halides is 3. The first kappa shape index (κ1) is 23.8. The molecule has 2 aliphatic carbocycles. The lowest BCUT2D eigenvalue weighted by Crippen LogP contribution is -2.20. The number of aryl methyl sites for hydroxylation is 1. The molecule has 0 bridgehead atoms. The Balaban J connectivity index is 0.000000467. The number of nitrogens with two attached hydrogens (primary N) is 1. The molecule has 0 aromatic carbocycles. The number of nitrogen functional groups attached to an aromatic ring is 1. The fraction of sp³-hybridized carbons (Fsp3) is 0.650. The summed E-state index contributed by atoms with van der Waals surface area (Å²) in [5.74, 6) is 0.340. The van der Waals surface area contributed by atoms with Crippen LogP contribution in [0.1, 0.15) is 76.1 Å². The SMILES string of the molecule is C1CCC1.CC.COc1c(C)nn(C2CCC2)c1Nc1ncc(C(F)(F)F)c(N)n1. The molecule has 0 atom stereocenters. The summed E-state index contributed by atoms with van der Waals surface area (Å²) in [5.41, 5.74) is 5.01. The predicted molar refractivity (Wildman–Crippen MR) is 111 cm³/mol. The number of halogens is 3. The number of rotatable bonds is 4. The Morgan fingerprint density at radius 3 is 2.13 bits per heavy atom. The Kier molecular flexibility index (Phi) is 8.31. The minimum atomic E-state index is -4.59. The van der Waals surface area contributed by atoms with Crippen LogP contribution in [-0.4, -0.2) is 26.9 Å². The molecular formula is C20H31F3N6O. The molecule has 168 valence electrons. The van der Waals surface area contributed by atoms with E-state index in [1.54, 1.807) is 11.6 Å². The van der Waals surface area contributed by atoms with Gasteiger partial charge in [-0.05, 0) is 26.2 Å². The molecule has 0 saturated heterocycles. The summed E-state index contributed by atoms with van der Waals surface area (Å²) in [5, 5.41) is 7.33. The molecule has 2 aromatic heterocycles. The van der Waals surface area contributed by atoms with Crippen molar-refractivity contribution >= 4 is 17.6 Å². The van der Waals surface area contributed by atoms with Crippen LogP contribution in [0.2, 0.25) is 0 Å². The van der Waals surface area contributed by atoms with Crippen LogP contribution in [0.4, 0.5) is 30.8 Å². The third kappa shape index (κ3) is 5.54. The highest BCUT2D eigenvalue weighted by molar-refractivity contribution is 5.61. The lowest BCUT2D eigenvalue weighted by atomic mass is 9.93. The molecular weight excluding hydrogens is 397 g/mol. The lowest BCUT2D eigenvalue weighted by Gasteiger charge is -2.27. The third-order valence-electron chi connectivity index (χ3n) is 5.01. The summed E-state index contributed by atoms with van der Waals surface area (Å²) in [7, 11) is 1.50. The van der Waals surface area contributed by atoms with Gasteiger partial charge in [0, 0.05) is 6.20 Å². The molecule has 0 amide bonds. The molecule has 3 N–H and O–H groups in total. The van der Waals surface area contributed by atoms with Gasteiger partial charge in [-0.3, -0.25) is 0 Å². The van der Waals surface area contributed by atoms with Crippen molar-refractivity contribution in [1.82, 2.24) is 19.7 Å². The Bertz CT molecular complexity index is 810. The van der Waals surface area contributed by atoms with Gasteiger partial charge in [0.25, 0.3) is 0 Å². The number of nitrogens with one attached hydrogen (secondary N) is 1. The quantitative estimate of drug-likeness (QED) is 0.654. The molecule has 0 spiro atoms. The molecule has 7 nitrogen and oxygen atoms in total. The van der Waals surface area contributed by atoms with Crippen LogP contribution in [-0.2, 0) is 6.18 Å². The minimum absolute atomic E-state index is 0.0423. The number of hydrogen-bond donors (Lipinski definition) is 2. The smallest absolute Gasteiger partial charge is 0.421 e. The number of aromatic nitrogens is 4. The van der Waals surface area contributed by atoms with Crippen LogP contribution in [0, 0.1) is 6.92 Å². The molecule has 2 saturated carbocycles. The summed E-state index contributed by atoms with van der Waals surface area (Å²) in [6.45, 7) is 5.79. The topological polar surface area (TPSA) is 90.9 Å². The molecule has 0 unspecified atom stereocenters. The van der Waals surface area contributed by atoms with Crippen molar-refractivity contribution in [2.75, 3.05) is 18.2 Å².